The molecule has 0 radical (unpaired) electrons. The molecule has 1 aromatic carbocycles. The molecule has 1 atom stereocenters. The van der Waals surface area contributed by atoms with Gasteiger partial charge < -0.3 is 5.32 Å². The van der Waals surface area contributed by atoms with E-state index in [0.29, 0.717) is 5.56 Å². The van der Waals surface area contributed by atoms with E-state index in [-0.39, 0.29) is 11.9 Å². The van der Waals surface area contributed by atoms with E-state index in [2.05, 4.69) is 30.2 Å². The number of benzene rings is 1. The van der Waals surface area contributed by atoms with Gasteiger partial charge in [0.1, 0.15) is 5.82 Å². The normalized spacial score (nSPS) is 12.4. The number of nitrogens with one attached hydrogen (secondary N) is 1. The third kappa shape index (κ3) is 3.18. The van der Waals surface area contributed by atoms with Crippen LogP contribution in [0.1, 0.15) is 36.1 Å². The van der Waals surface area contributed by atoms with Crippen molar-refractivity contribution in [3.63, 3.8) is 0 Å². The minimum absolute atomic E-state index is 0.121. The summed E-state index contributed by atoms with van der Waals surface area (Å²) >= 11 is 0. The van der Waals surface area contributed by atoms with Crippen LogP contribution in [0.4, 0.5) is 4.39 Å². The van der Waals surface area contributed by atoms with Crippen LogP contribution in [0.25, 0.3) is 0 Å². The predicted octanol–water partition coefficient (Wildman–Crippen LogP) is 3.62. The van der Waals surface area contributed by atoms with E-state index in [9.17, 15) is 4.39 Å². The van der Waals surface area contributed by atoms with Gasteiger partial charge in [-0.2, -0.15) is 0 Å². The first-order valence-corrected chi connectivity index (χ1v) is 6.62. The van der Waals surface area contributed by atoms with Crippen molar-refractivity contribution in [1.29, 1.82) is 0 Å². The number of nitrogens with zero attached hydrogens (tertiary/aromatic N) is 1. The van der Waals surface area contributed by atoms with Gasteiger partial charge in [0.2, 0.25) is 0 Å². The Morgan fingerprint density at radius 1 is 1.21 bits per heavy atom. The largest absolute Gasteiger partial charge is 0.306 e. The standard InChI is InChI=1S/C16H19FN2/c1-3-9-19-16(13-7-5-4-6-12(13)2)14-8-10-18-11-15(14)17/h4-8,10-11,16,19H,3,9H2,1-2H3. The molecule has 2 rings (SSSR count). The van der Waals surface area contributed by atoms with Crippen molar-refractivity contribution in [2.45, 2.75) is 26.3 Å². The van der Waals surface area contributed by atoms with E-state index in [0.717, 1.165) is 24.1 Å². The molecule has 0 aliphatic heterocycles. The first kappa shape index (κ1) is 13.7. The Morgan fingerprint density at radius 2 is 2.00 bits per heavy atom. The Kier molecular flexibility index (Phi) is 4.63. The van der Waals surface area contributed by atoms with Crippen molar-refractivity contribution >= 4 is 0 Å². The lowest BCUT2D eigenvalue weighted by atomic mass is 9.95. The summed E-state index contributed by atoms with van der Waals surface area (Å²) < 4.78 is 14.0. The molecule has 0 saturated carbocycles. The van der Waals surface area contributed by atoms with Gasteiger partial charge in [-0.25, -0.2) is 4.39 Å². The van der Waals surface area contributed by atoms with Gasteiger partial charge in [0, 0.05) is 11.8 Å². The summed E-state index contributed by atoms with van der Waals surface area (Å²) in [5, 5.41) is 3.42. The second-order valence-electron chi connectivity index (χ2n) is 4.64. The Morgan fingerprint density at radius 3 is 2.68 bits per heavy atom. The Hall–Kier alpha value is -1.74. The van der Waals surface area contributed by atoms with Gasteiger partial charge >= 0.3 is 0 Å². The number of hydrogen-bond acceptors (Lipinski definition) is 2. The zero-order valence-corrected chi connectivity index (χ0v) is 11.4. The molecule has 1 heterocycles. The fraction of sp³-hybridized carbons (Fsp3) is 0.312. The van der Waals surface area contributed by atoms with Crippen LogP contribution in [0.5, 0.6) is 0 Å². The van der Waals surface area contributed by atoms with Crippen molar-refractivity contribution < 1.29 is 4.39 Å². The molecule has 2 aromatic rings. The third-order valence-corrected chi connectivity index (χ3v) is 3.21. The molecule has 3 heteroatoms. The summed E-state index contributed by atoms with van der Waals surface area (Å²) in [7, 11) is 0. The van der Waals surface area contributed by atoms with E-state index in [1.54, 1.807) is 12.3 Å². The molecular formula is C16H19FN2. The van der Waals surface area contributed by atoms with Crippen molar-refractivity contribution in [2.75, 3.05) is 6.54 Å². The first-order chi connectivity index (χ1) is 9.24. The van der Waals surface area contributed by atoms with Crippen LogP contribution in [0.15, 0.2) is 42.7 Å². The molecule has 0 aliphatic carbocycles. The molecule has 0 fully saturated rings. The first-order valence-electron chi connectivity index (χ1n) is 6.62. The number of aryl methyl sites for hydroxylation is 1. The van der Waals surface area contributed by atoms with Crippen LogP contribution >= 0.6 is 0 Å². The molecule has 0 bridgehead atoms. The van der Waals surface area contributed by atoms with Crippen molar-refractivity contribution in [3.05, 3.63) is 65.2 Å². The highest BCUT2D eigenvalue weighted by molar-refractivity contribution is 5.36. The van der Waals surface area contributed by atoms with E-state index in [4.69, 9.17) is 0 Å². The van der Waals surface area contributed by atoms with Crippen molar-refractivity contribution in [3.8, 4) is 0 Å². The van der Waals surface area contributed by atoms with Gasteiger partial charge in [0.25, 0.3) is 0 Å². The average molecular weight is 258 g/mol. The lowest BCUT2D eigenvalue weighted by molar-refractivity contribution is 0.542. The van der Waals surface area contributed by atoms with E-state index in [1.807, 2.05) is 18.2 Å². The van der Waals surface area contributed by atoms with E-state index >= 15 is 0 Å². The maximum atomic E-state index is 14.0. The molecule has 100 valence electrons. The lowest BCUT2D eigenvalue weighted by Crippen LogP contribution is -2.24. The van der Waals surface area contributed by atoms with Crippen LogP contribution in [-0.4, -0.2) is 11.5 Å². The van der Waals surface area contributed by atoms with Crippen LogP contribution in [0.3, 0.4) is 0 Å². The second-order valence-corrected chi connectivity index (χ2v) is 4.64. The third-order valence-electron chi connectivity index (χ3n) is 3.21. The minimum atomic E-state index is -0.264. The van der Waals surface area contributed by atoms with Crippen LogP contribution < -0.4 is 5.32 Å². The summed E-state index contributed by atoms with van der Waals surface area (Å²) in [6.07, 6.45) is 3.92. The maximum absolute atomic E-state index is 14.0. The highest BCUT2D eigenvalue weighted by atomic mass is 19.1. The van der Waals surface area contributed by atoms with Gasteiger partial charge in [-0.05, 0) is 37.1 Å². The highest BCUT2D eigenvalue weighted by Crippen LogP contribution is 2.26. The fourth-order valence-electron chi connectivity index (χ4n) is 2.21. The number of rotatable bonds is 5. The monoisotopic (exact) mass is 258 g/mol. The number of hydrogen-bond donors (Lipinski definition) is 1. The van der Waals surface area contributed by atoms with Crippen molar-refractivity contribution in [1.82, 2.24) is 10.3 Å². The van der Waals surface area contributed by atoms with Gasteiger partial charge in [0.05, 0.1) is 12.2 Å². The molecule has 1 aromatic heterocycles. The average Bonchev–Trinajstić information content (AvgIpc) is 2.42. The number of aromatic nitrogens is 1. The minimum Gasteiger partial charge on any atom is -0.306 e. The van der Waals surface area contributed by atoms with Crippen LogP contribution in [0, 0.1) is 12.7 Å². The summed E-state index contributed by atoms with van der Waals surface area (Å²) in [6, 6.07) is 9.71. The molecule has 0 saturated heterocycles. The van der Waals surface area contributed by atoms with Gasteiger partial charge in [-0.1, -0.05) is 31.2 Å². The van der Waals surface area contributed by atoms with Gasteiger partial charge in [0.15, 0.2) is 0 Å². The molecule has 2 nitrogen and oxygen atoms in total. The zero-order valence-electron chi connectivity index (χ0n) is 11.4. The zero-order chi connectivity index (χ0) is 13.7. The molecule has 0 spiro atoms. The van der Waals surface area contributed by atoms with E-state index < -0.39 is 0 Å². The van der Waals surface area contributed by atoms with Crippen molar-refractivity contribution in [2.24, 2.45) is 0 Å². The maximum Gasteiger partial charge on any atom is 0.146 e. The topological polar surface area (TPSA) is 24.9 Å². The molecule has 19 heavy (non-hydrogen) atoms. The molecular weight excluding hydrogens is 239 g/mol. The molecule has 0 aliphatic rings. The van der Waals surface area contributed by atoms with Crippen LogP contribution in [0.2, 0.25) is 0 Å². The van der Waals surface area contributed by atoms with E-state index in [1.165, 1.54) is 6.20 Å². The SMILES string of the molecule is CCCNC(c1ccccc1C)c1ccncc1F. The number of halogens is 1. The fourth-order valence-corrected chi connectivity index (χ4v) is 2.21. The Bertz CT molecular complexity index is 494. The predicted molar refractivity (Wildman–Crippen MR) is 75.5 cm³/mol. The van der Waals surface area contributed by atoms with Gasteiger partial charge in [-0.15, -0.1) is 0 Å². The quantitative estimate of drug-likeness (QED) is 0.886. The Labute approximate surface area is 113 Å². The Balaban J connectivity index is 2.42. The molecule has 1 N–H and O–H groups in total. The molecule has 1 unspecified atom stereocenters. The lowest BCUT2D eigenvalue weighted by Gasteiger charge is -2.21. The highest BCUT2D eigenvalue weighted by Gasteiger charge is 2.18. The summed E-state index contributed by atoms with van der Waals surface area (Å²) in [5.74, 6) is -0.264. The second kappa shape index (κ2) is 6.43. The van der Waals surface area contributed by atoms with Gasteiger partial charge in [-0.3, -0.25) is 4.98 Å². The summed E-state index contributed by atoms with van der Waals surface area (Å²) in [4.78, 5) is 3.82. The molecule has 0 amide bonds. The smallest absolute Gasteiger partial charge is 0.146 e. The van der Waals surface area contributed by atoms with Crippen LogP contribution in [-0.2, 0) is 0 Å². The summed E-state index contributed by atoms with van der Waals surface area (Å²) in [5.41, 5.74) is 2.92. The number of pyridine rings is 1. The summed E-state index contributed by atoms with van der Waals surface area (Å²) in [6.45, 7) is 5.00.